The number of benzene rings is 3. The third-order valence-electron chi connectivity index (χ3n) is 4.56. The summed E-state index contributed by atoms with van der Waals surface area (Å²) in [5, 5.41) is 3.00. The number of anilines is 1. The third kappa shape index (κ3) is 3.60. The number of aryl methyl sites for hydroxylation is 1. The number of fused-ring (bicyclic) bond motifs is 1. The van der Waals surface area contributed by atoms with Crippen molar-refractivity contribution >= 4 is 22.6 Å². The van der Waals surface area contributed by atoms with Crippen LogP contribution in [0.2, 0.25) is 0 Å². The number of carbonyl (C=O) groups excluding carboxylic acids is 1. The molecule has 2 N–H and O–H groups in total. The van der Waals surface area contributed by atoms with E-state index in [1.165, 1.54) is 0 Å². The van der Waals surface area contributed by atoms with E-state index in [9.17, 15) is 4.79 Å². The summed E-state index contributed by atoms with van der Waals surface area (Å²) in [5.74, 6) is 1.28. The van der Waals surface area contributed by atoms with Gasteiger partial charge in [0.1, 0.15) is 11.6 Å². The highest BCUT2D eigenvalue weighted by molar-refractivity contribution is 6.05. The number of amides is 1. The molecule has 1 amide bonds. The quantitative estimate of drug-likeness (QED) is 0.507. The van der Waals surface area contributed by atoms with Gasteiger partial charge in [0.05, 0.1) is 17.6 Å². The van der Waals surface area contributed by atoms with Crippen molar-refractivity contribution in [2.75, 3.05) is 11.9 Å². The van der Waals surface area contributed by atoms with E-state index in [1.54, 1.807) is 12.1 Å². The molecule has 4 rings (SSSR count). The fraction of sp³-hybridized carbons (Fsp3) is 0.130. The Morgan fingerprint density at radius 3 is 2.75 bits per heavy atom. The molecule has 28 heavy (non-hydrogen) atoms. The van der Waals surface area contributed by atoms with E-state index in [1.807, 2.05) is 68.4 Å². The number of nitrogens with one attached hydrogen (secondary N) is 2. The Kier molecular flexibility index (Phi) is 4.81. The van der Waals surface area contributed by atoms with Crippen molar-refractivity contribution in [1.82, 2.24) is 9.97 Å². The Bertz CT molecular complexity index is 1110. The number of ether oxygens (including phenoxy) is 1. The molecular weight excluding hydrogens is 350 g/mol. The number of hydrogen-bond donors (Lipinski definition) is 2. The number of carbonyl (C=O) groups is 1. The zero-order valence-corrected chi connectivity index (χ0v) is 15.8. The van der Waals surface area contributed by atoms with E-state index in [-0.39, 0.29) is 5.91 Å². The lowest BCUT2D eigenvalue weighted by molar-refractivity contribution is 0.102. The molecule has 0 aliphatic carbocycles. The molecule has 3 aromatic carbocycles. The van der Waals surface area contributed by atoms with Gasteiger partial charge in [0.15, 0.2) is 0 Å². The molecule has 1 aromatic heterocycles. The minimum atomic E-state index is -0.175. The molecule has 0 saturated heterocycles. The maximum atomic E-state index is 12.7. The molecule has 4 aromatic rings. The number of imidazole rings is 1. The van der Waals surface area contributed by atoms with Gasteiger partial charge >= 0.3 is 0 Å². The van der Waals surface area contributed by atoms with Gasteiger partial charge in [0.2, 0.25) is 0 Å². The van der Waals surface area contributed by atoms with E-state index in [4.69, 9.17) is 4.74 Å². The summed E-state index contributed by atoms with van der Waals surface area (Å²) in [6.45, 7) is 4.44. The van der Waals surface area contributed by atoms with E-state index in [0.717, 1.165) is 33.7 Å². The van der Waals surface area contributed by atoms with Gasteiger partial charge in [-0.1, -0.05) is 30.3 Å². The highest BCUT2D eigenvalue weighted by Gasteiger charge is 2.11. The summed E-state index contributed by atoms with van der Waals surface area (Å²) in [5.41, 5.74) is 5.10. The molecule has 0 spiro atoms. The van der Waals surface area contributed by atoms with E-state index >= 15 is 0 Å². The fourth-order valence-corrected chi connectivity index (χ4v) is 3.08. The smallest absolute Gasteiger partial charge is 0.255 e. The summed E-state index contributed by atoms with van der Waals surface area (Å²) in [6, 6.07) is 21.0. The number of aromatic nitrogens is 2. The average Bonchev–Trinajstić information content (AvgIpc) is 3.14. The van der Waals surface area contributed by atoms with Gasteiger partial charge in [0.25, 0.3) is 5.91 Å². The van der Waals surface area contributed by atoms with Crippen LogP contribution in [0.5, 0.6) is 5.75 Å². The normalized spacial score (nSPS) is 10.8. The molecular formula is C23H21N3O2. The minimum Gasteiger partial charge on any atom is -0.494 e. The molecule has 0 unspecified atom stereocenters. The molecule has 5 heteroatoms. The van der Waals surface area contributed by atoms with Crippen LogP contribution in [0.15, 0.2) is 66.7 Å². The van der Waals surface area contributed by atoms with Crippen LogP contribution in [0, 0.1) is 6.92 Å². The first-order valence-corrected chi connectivity index (χ1v) is 9.24. The molecule has 0 aliphatic rings. The maximum absolute atomic E-state index is 12.7. The molecule has 0 atom stereocenters. The van der Waals surface area contributed by atoms with Gasteiger partial charge in [0, 0.05) is 16.8 Å². The largest absolute Gasteiger partial charge is 0.494 e. The predicted molar refractivity (Wildman–Crippen MR) is 112 cm³/mol. The second kappa shape index (κ2) is 7.56. The van der Waals surface area contributed by atoms with Gasteiger partial charge in [-0.3, -0.25) is 4.79 Å². The Hall–Kier alpha value is -3.60. The van der Waals surface area contributed by atoms with Crippen LogP contribution < -0.4 is 10.1 Å². The highest BCUT2D eigenvalue weighted by atomic mass is 16.5. The first kappa shape index (κ1) is 17.8. The number of H-pyrrole nitrogens is 1. The fourth-order valence-electron chi connectivity index (χ4n) is 3.08. The summed E-state index contributed by atoms with van der Waals surface area (Å²) < 4.78 is 5.48. The lowest BCUT2D eigenvalue weighted by Gasteiger charge is -2.11. The van der Waals surface area contributed by atoms with Gasteiger partial charge in [-0.25, -0.2) is 4.98 Å². The molecule has 0 radical (unpaired) electrons. The zero-order valence-electron chi connectivity index (χ0n) is 15.8. The summed E-state index contributed by atoms with van der Waals surface area (Å²) >= 11 is 0. The van der Waals surface area contributed by atoms with E-state index in [0.29, 0.717) is 17.9 Å². The first-order valence-electron chi connectivity index (χ1n) is 9.24. The molecule has 1 heterocycles. The van der Waals surface area contributed by atoms with Crippen LogP contribution in [0.25, 0.3) is 22.4 Å². The molecule has 140 valence electrons. The van der Waals surface area contributed by atoms with E-state index in [2.05, 4.69) is 15.3 Å². The molecule has 5 nitrogen and oxygen atoms in total. The van der Waals surface area contributed by atoms with Crippen molar-refractivity contribution in [3.8, 4) is 17.1 Å². The average molecular weight is 371 g/mol. The Morgan fingerprint density at radius 1 is 1.07 bits per heavy atom. The number of hydrogen-bond acceptors (Lipinski definition) is 3. The second-order valence-corrected chi connectivity index (χ2v) is 6.55. The molecule has 0 saturated carbocycles. The lowest BCUT2D eigenvalue weighted by Crippen LogP contribution is -2.13. The van der Waals surface area contributed by atoms with Gasteiger partial charge in [-0.2, -0.15) is 0 Å². The summed E-state index contributed by atoms with van der Waals surface area (Å²) in [6.07, 6.45) is 0. The van der Waals surface area contributed by atoms with Crippen LogP contribution in [0.4, 0.5) is 5.69 Å². The van der Waals surface area contributed by atoms with Gasteiger partial charge in [-0.15, -0.1) is 0 Å². The van der Waals surface area contributed by atoms with Crippen LogP contribution in [-0.4, -0.2) is 22.5 Å². The van der Waals surface area contributed by atoms with Crippen molar-refractivity contribution in [2.45, 2.75) is 13.8 Å². The molecule has 0 aliphatic heterocycles. The lowest BCUT2D eigenvalue weighted by atomic mass is 10.1. The molecule has 0 bridgehead atoms. The topological polar surface area (TPSA) is 67.0 Å². The number of nitrogens with zero attached hydrogens (tertiary/aromatic N) is 1. The minimum absolute atomic E-state index is 0.175. The van der Waals surface area contributed by atoms with Crippen molar-refractivity contribution in [3.05, 3.63) is 77.9 Å². The third-order valence-corrected chi connectivity index (χ3v) is 4.56. The summed E-state index contributed by atoms with van der Waals surface area (Å²) in [7, 11) is 0. The second-order valence-electron chi connectivity index (χ2n) is 6.55. The van der Waals surface area contributed by atoms with E-state index < -0.39 is 0 Å². The van der Waals surface area contributed by atoms with Crippen LogP contribution >= 0.6 is 0 Å². The van der Waals surface area contributed by atoms with Crippen LogP contribution in [0.1, 0.15) is 22.8 Å². The van der Waals surface area contributed by atoms with Crippen molar-refractivity contribution in [1.29, 1.82) is 0 Å². The van der Waals surface area contributed by atoms with Crippen molar-refractivity contribution in [2.24, 2.45) is 0 Å². The monoisotopic (exact) mass is 371 g/mol. The molecule has 0 fully saturated rings. The van der Waals surface area contributed by atoms with Gasteiger partial charge < -0.3 is 15.0 Å². The standard InChI is InChI=1S/C23H21N3O2/c1-3-28-18-8-6-7-17(13-18)23(27)26-21-14-16(12-11-15(21)2)22-24-19-9-4-5-10-20(19)25-22/h4-14H,3H2,1-2H3,(H,24,25)(H,26,27). The Labute approximate surface area is 163 Å². The number of rotatable bonds is 5. The van der Waals surface area contributed by atoms with Crippen LogP contribution in [-0.2, 0) is 0 Å². The first-order chi connectivity index (χ1) is 13.6. The SMILES string of the molecule is CCOc1cccc(C(=O)Nc2cc(-c3nc4ccccc4[nH]3)ccc2C)c1. The highest BCUT2D eigenvalue weighted by Crippen LogP contribution is 2.26. The van der Waals surface area contributed by atoms with Crippen molar-refractivity contribution in [3.63, 3.8) is 0 Å². The van der Waals surface area contributed by atoms with Crippen molar-refractivity contribution < 1.29 is 9.53 Å². The van der Waals surface area contributed by atoms with Gasteiger partial charge in [-0.05, 0) is 55.8 Å². The van der Waals surface area contributed by atoms with Crippen LogP contribution in [0.3, 0.4) is 0 Å². The Morgan fingerprint density at radius 2 is 1.93 bits per heavy atom. The summed E-state index contributed by atoms with van der Waals surface area (Å²) in [4.78, 5) is 20.7. The maximum Gasteiger partial charge on any atom is 0.255 e. The predicted octanol–water partition coefficient (Wildman–Crippen LogP) is 5.19. The Balaban J connectivity index is 1.62. The zero-order chi connectivity index (χ0) is 19.5. The number of para-hydroxylation sites is 2. The number of aromatic amines is 1.